The van der Waals surface area contributed by atoms with Crippen LogP contribution in [0.1, 0.15) is 11.1 Å². The van der Waals surface area contributed by atoms with Crippen molar-refractivity contribution < 1.29 is 4.74 Å². The number of allylic oxidation sites excluding steroid dienone is 1. The Hall–Kier alpha value is -3.05. The van der Waals surface area contributed by atoms with E-state index < -0.39 is 0 Å². The van der Waals surface area contributed by atoms with Gasteiger partial charge in [-0.1, -0.05) is 54.6 Å². The van der Waals surface area contributed by atoms with Gasteiger partial charge in [0.1, 0.15) is 5.75 Å². The van der Waals surface area contributed by atoms with Crippen molar-refractivity contribution in [1.29, 1.82) is 5.26 Å². The second-order valence-corrected chi connectivity index (χ2v) is 4.97. The Morgan fingerprint density at radius 3 is 2.45 bits per heavy atom. The first-order chi connectivity index (χ1) is 10.8. The van der Waals surface area contributed by atoms with Crippen molar-refractivity contribution in [2.24, 2.45) is 0 Å². The van der Waals surface area contributed by atoms with Gasteiger partial charge in [-0.05, 0) is 34.5 Å². The lowest BCUT2D eigenvalue weighted by Crippen LogP contribution is -1.88. The van der Waals surface area contributed by atoms with Crippen LogP contribution in [0.5, 0.6) is 5.75 Å². The minimum Gasteiger partial charge on any atom is -0.496 e. The SMILES string of the molecule is COc1ccccc1/C=C(\C#N)c1ccc2ccccc2c1. The molecular weight excluding hydrogens is 270 g/mol. The number of para-hydroxylation sites is 1. The van der Waals surface area contributed by atoms with Crippen LogP contribution < -0.4 is 4.74 Å². The number of benzene rings is 3. The van der Waals surface area contributed by atoms with Gasteiger partial charge in [0.25, 0.3) is 0 Å². The number of fused-ring (bicyclic) bond motifs is 1. The Bertz CT molecular complexity index is 887. The lowest BCUT2D eigenvalue weighted by molar-refractivity contribution is 0.414. The van der Waals surface area contributed by atoms with Crippen LogP contribution in [0.25, 0.3) is 22.4 Å². The smallest absolute Gasteiger partial charge is 0.126 e. The Morgan fingerprint density at radius 1 is 0.955 bits per heavy atom. The first kappa shape index (κ1) is 13.9. The molecule has 0 heterocycles. The molecule has 2 heteroatoms. The van der Waals surface area contributed by atoms with E-state index in [1.54, 1.807) is 7.11 Å². The molecule has 3 aromatic carbocycles. The molecule has 3 aromatic rings. The highest BCUT2D eigenvalue weighted by Crippen LogP contribution is 2.26. The first-order valence-electron chi connectivity index (χ1n) is 7.06. The van der Waals surface area contributed by atoms with Gasteiger partial charge in [-0.25, -0.2) is 0 Å². The minimum atomic E-state index is 0.621. The van der Waals surface area contributed by atoms with E-state index in [4.69, 9.17) is 4.74 Å². The van der Waals surface area contributed by atoms with Gasteiger partial charge in [0.05, 0.1) is 18.8 Å². The zero-order valence-electron chi connectivity index (χ0n) is 12.3. The lowest BCUT2D eigenvalue weighted by Gasteiger charge is -2.06. The summed E-state index contributed by atoms with van der Waals surface area (Å²) < 4.78 is 5.34. The molecule has 106 valence electrons. The molecule has 0 saturated carbocycles. The van der Waals surface area contributed by atoms with E-state index in [1.165, 1.54) is 5.39 Å². The molecule has 0 spiro atoms. The molecule has 0 atom stereocenters. The van der Waals surface area contributed by atoms with Crippen molar-refractivity contribution in [1.82, 2.24) is 0 Å². The fourth-order valence-electron chi connectivity index (χ4n) is 2.48. The number of nitrogens with zero attached hydrogens (tertiary/aromatic N) is 1. The van der Waals surface area contributed by atoms with E-state index in [9.17, 15) is 5.26 Å². The number of nitriles is 1. The third-order valence-electron chi connectivity index (χ3n) is 3.62. The minimum absolute atomic E-state index is 0.621. The van der Waals surface area contributed by atoms with Crippen molar-refractivity contribution in [3.05, 3.63) is 77.9 Å². The summed E-state index contributed by atoms with van der Waals surface area (Å²) >= 11 is 0. The molecule has 0 aliphatic rings. The quantitative estimate of drug-likeness (QED) is 0.506. The fourth-order valence-corrected chi connectivity index (χ4v) is 2.48. The van der Waals surface area contributed by atoms with Crippen molar-refractivity contribution >= 4 is 22.4 Å². The summed E-state index contributed by atoms with van der Waals surface area (Å²) in [6, 6.07) is 24.2. The molecule has 3 rings (SSSR count). The van der Waals surface area contributed by atoms with E-state index in [2.05, 4.69) is 18.2 Å². The number of methoxy groups -OCH3 is 1. The molecule has 0 amide bonds. The maximum Gasteiger partial charge on any atom is 0.126 e. The van der Waals surface area contributed by atoms with Gasteiger partial charge < -0.3 is 4.74 Å². The molecule has 0 bridgehead atoms. The van der Waals surface area contributed by atoms with E-state index in [0.717, 1.165) is 22.3 Å². The molecule has 0 aliphatic heterocycles. The maximum atomic E-state index is 9.52. The summed E-state index contributed by atoms with van der Waals surface area (Å²) in [5, 5.41) is 11.8. The highest BCUT2D eigenvalue weighted by molar-refractivity contribution is 5.94. The summed E-state index contributed by atoms with van der Waals surface area (Å²) in [6.45, 7) is 0. The number of hydrogen-bond acceptors (Lipinski definition) is 2. The third-order valence-corrected chi connectivity index (χ3v) is 3.62. The van der Waals surface area contributed by atoms with Crippen LogP contribution in [-0.2, 0) is 0 Å². The van der Waals surface area contributed by atoms with Crippen LogP contribution in [0.3, 0.4) is 0 Å². The molecule has 0 aliphatic carbocycles. The molecule has 22 heavy (non-hydrogen) atoms. The predicted octanol–water partition coefficient (Wildman–Crippen LogP) is 4.91. The van der Waals surface area contributed by atoms with E-state index in [1.807, 2.05) is 60.7 Å². The average Bonchev–Trinajstić information content (AvgIpc) is 2.59. The van der Waals surface area contributed by atoms with Gasteiger partial charge >= 0.3 is 0 Å². The van der Waals surface area contributed by atoms with Gasteiger partial charge in [-0.15, -0.1) is 0 Å². The largest absolute Gasteiger partial charge is 0.496 e. The summed E-state index contributed by atoms with van der Waals surface area (Å²) in [5.41, 5.74) is 2.43. The Morgan fingerprint density at radius 2 is 1.68 bits per heavy atom. The molecule has 0 unspecified atom stereocenters. The predicted molar refractivity (Wildman–Crippen MR) is 90.4 cm³/mol. The topological polar surface area (TPSA) is 33.0 Å². The standard InChI is InChI=1S/C20H15NO/c1-22-20-9-5-4-8-18(20)13-19(14-21)17-11-10-15-6-2-3-7-16(15)12-17/h2-13H,1H3/b19-13+. The molecule has 0 saturated heterocycles. The average molecular weight is 285 g/mol. The van der Waals surface area contributed by atoms with Crippen LogP contribution in [-0.4, -0.2) is 7.11 Å². The fraction of sp³-hybridized carbons (Fsp3) is 0.0500. The first-order valence-corrected chi connectivity index (χ1v) is 7.06. The monoisotopic (exact) mass is 285 g/mol. The van der Waals surface area contributed by atoms with E-state index >= 15 is 0 Å². The highest BCUT2D eigenvalue weighted by atomic mass is 16.5. The Kier molecular flexibility index (Phi) is 3.89. The summed E-state index contributed by atoms with van der Waals surface area (Å²) in [7, 11) is 1.63. The van der Waals surface area contributed by atoms with Crippen molar-refractivity contribution in [3.63, 3.8) is 0 Å². The normalized spacial score (nSPS) is 11.2. The molecule has 0 N–H and O–H groups in total. The molecule has 2 nitrogen and oxygen atoms in total. The lowest BCUT2D eigenvalue weighted by atomic mass is 10.00. The molecule has 0 fully saturated rings. The second-order valence-electron chi connectivity index (χ2n) is 4.97. The molecule has 0 radical (unpaired) electrons. The van der Waals surface area contributed by atoms with Crippen molar-refractivity contribution in [2.75, 3.05) is 7.11 Å². The number of ether oxygens (including phenoxy) is 1. The maximum absolute atomic E-state index is 9.52. The van der Waals surface area contributed by atoms with Gasteiger partial charge in [-0.2, -0.15) is 5.26 Å². The van der Waals surface area contributed by atoms with Gasteiger partial charge in [0.15, 0.2) is 0 Å². The van der Waals surface area contributed by atoms with Gasteiger partial charge in [0, 0.05) is 5.56 Å². The number of hydrogen-bond donors (Lipinski definition) is 0. The zero-order valence-corrected chi connectivity index (χ0v) is 12.3. The van der Waals surface area contributed by atoms with Gasteiger partial charge in [0.2, 0.25) is 0 Å². The van der Waals surface area contributed by atoms with Crippen molar-refractivity contribution in [3.8, 4) is 11.8 Å². The summed E-state index contributed by atoms with van der Waals surface area (Å²) in [4.78, 5) is 0. The Balaban J connectivity index is 2.09. The molecular formula is C20H15NO. The van der Waals surface area contributed by atoms with Crippen LogP contribution in [0.15, 0.2) is 66.7 Å². The van der Waals surface area contributed by atoms with Crippen LogP contribution in [0, 0.1) is 11.3 Å². The van der Waals surface area contributed by atoms with Crippen LogP contribution in [0.4, 0.5) is 0 Å². The van der Waals surface area contributed by atoms with Gasteiger partial charge in [-0.3, -0.25) is 0 Å². The van der Waals surface area contributed by atoms with E-state index in [-0.39, 0.29) is 0 Å². The third kappa shape index (κ3) is 2.70. The van der Waals surface area contributed by atoms with Crippen LogP contribution >= 0.6 is 0 Å². The molecule has 0 aromatic heterocycles. The summed E-state index contributed by atoms with van der Waals surface area (Å²) in [5.74, 6) is 0.760. The second kappa shape index (κ2) is 6.15. The summed E-state index contributed by atoms with van der Waals surface area (Å²) in [6.07, 6.45) is 1.86. The van der Waals surface area contributed by atoms with E-state index in [0.29, 0.717) is 5.57 Å². The number of rotatable bonds is 3. The Labute approximate surface area is 129 Å². The van der Waals surface area contributed by atoms with Crippen molar-refractivity contribution in [2.45, 2.75) is 0 Å². The highest BCUT2D eigenvalue weighted by Gasteiger charge is 2.05. The van der Waals surface area contributed by atoms with Crippen LogP contribution in [0.2, 0.25) is 0 Å². The zero-order chi connectivity index (χ0) is 15.4.